The van der Waals surface area contributed by atoms with E-state index < -0.39 is 0 Å². The molecule has 132 valence electrons. The van der Waals surface area contributed by atoms with Crippen molar-refractivity contribution in [2.24, 2.45) is 7.05 Å². The lowest BCUT2D eigenvalue weighted by Crippen LogP contribution is -2.38. The third-order valence-electron chi connectivity index (χ3n) is 4.94. The molecule has 1 amide bonds. The molecule has 2 aliphatic rings. The zero-order valence-corrected chi connectivity index (χ0v) is 14.5. The van der Waals surface area contributed by atoms with Gasteiger partial charge in [-0.05, 0) is 30.5 Å². The van der Waals surface area contributed by atoms with E-state index in [0.717, 1.165) is 29.9 Å². The summed E-state index contributed by atoms with van der Waals surface area (Å²) in [5.41, 5.74) is 1.71. The summed E-state index contributed by atoms with van der Waals surface area (Å²) in [5, 5.41) is 4.14. The Hall–Kier alpha value is -2.50. The maximum atomic E-state index is 13.1. The van der Waals surface area contributed by atoms with Crippen molar-refractivity contribution in [3.8, 4) is 11.5 Å². The van der Waals surface area contributed by atoms with Crippen LogP contribution in [0.5, 0.6) is 11.5 Å². The van der Waals surface area contributed by atoms with E-state index in [1.807, 2.05) is 30.1 Å². The van der Waals surface area contributed by atoms with Gasteiger partial charge < -0.3 is 14.4 Å². The molecule has 0 atom stereocenters. The molecule has 0 spiro atoms. The van der Waals surface area contributed by atoms with E-state index in [2.05, 4.69) is 5.10 Å². The molecule has 1 aromatic heterocycles. The summed E-state index contributed by atoms with van der Waals surface area (Å²) in [6, 6.07) is 6.24. The Labute approximate surface area is 147 Å². The predicted molar refractivity (Wildman–Crippen MR) is 92.8 cm³/mol. The Morgan fingerprint density at radius 3 is 2.72 bits per heavy atom. The first kappa shape index (κ1) is 16.0. The maximum absolute atomic E-state index is 13.1. The molecule has 1 aliphatic carbocycles. The molecule has 2 heterocycles. The van der Waals surface area contributed by atoms with Crippen LogP contribution < -0.4 is 9.47 Å². The highest BCUT2D eigenvalue weighted by molar-refractivity contribution is 5.94. The van der Waals surface area contributed by atoms with E-state index in [1.54, 1.807) is 17.1 Å². The molecule has 0 radical (unpaired) electrons. The van der Waals surface area contributed by atoms with Gasteiger partial charge in [-0.1, -0.05) is 18.9 Å². The molecule has 2 aromatic rings. The van der Waals surface area contributed by atoms with Gasteiger partial charge in [0.25, 0.3) is 5.91 Å². The van der Waals surface area contributed by atoms with Gasteiger partial charge in [-0.3, -0.25) is 9.48 Å². The minimum absolute atomic E-state index is 0.0508. The molecule has 1 fully saturated rings. The number of benzene rings is 1. The van der Waals surface area contributed by atoms with Crippen molar-refractivity contribution in [3.63, 3.8) is 0 Å². The minimum atomic E-state index is 0.0508. The fourth-order valence-corrected chi connectivity index (χ4v) is 3.66. The number of carbonyl (C=O) groups excluding carboxylic acids is 1. The lowest BCUT2D eigenvalue weighted by atomic mass is 10.1. The van der Waals surface area contributed by atoms with Crippen LogP contribution in [0.25, 0.3) is 0 Å². The standard InChI is InChI=1S/C19H23N3O3/c1-21-13-15(11-20-21)19(23)22(16-4-2-3-5-16)12-14-6-7-17-18(10-14)25-9-8-24-17/h6-7,10-11,13,16H,2-5,8-9,12H2,1H3. The van der Waals surface area contributed by atoms with Crippen LogP contribution in [0, 0.1) is 0 Å². The van der Waals surface area contributed by atoms with Crippen LogP contribution in [-0.2, 0) is 13.6 Å². The van der Waals surface area contributed by atoms with Crippen molar-refractivity contribution in [2.45, 2.75) is 38.3 Å². The van der Waals surface area contributed by atoms with Gasteiger partial charge in [0, 0.05) is 25.8 Å². The second-order valence-corrected chi connectivity index (χ2v) is 6.75. The van der Waals surface area contributed by atoms with E-state index in [0.29, 0.717) is 31.4 Å². The Kier molecular flexibility index (Phi) is 4.34. The van der Waals surface area contributed by atoms with Gasteiger partial charge >= 0.3 is 0 Å². The second-order valence-electron chi connectivity index (χ2n) is 6.75. The number of amides is 1. The van der Waals surface area contributed by atoms with Crippen LogP contribution in [-0.4, -0.2) is 39.8 Å². The quantitative estimate of drug-likeness (QED) is 0.858. The highest BCUT2D eigenvalue weighted by Crippen LogP contribution is 2.32. The van der Waals surface area contributed by atoms with Gasteiger partial charge in [-0.2, -0.15) is 5.10 Å². The number of carbonyl (C=O) groups is 1. The van der Waals surface area contributed by atoms with E-state index in [-0.39, 0.29) is 5.91 Å². The van der Waals surface area contributed by atoms with Crippen LogP contribution in [0.3, 0.4) is 0 Å². The van der Waals surface area contributed by atoms with Gasteiger partial charge in [0.2, 0.25) is 0 Å². The third-order valence-corrected chi connectivity index (χ3v) is 4.94. The molecule has 1 aliphatic heterocycles. The van der Waals surface area contributed by atoms with Crippen LogP contribution in [0.4, 0.5) is 0 Å². The summed E-state index contributed by atoms with van der Waals surface area (Å²) in [5.74, 6) is 1.60. The largest absolute Gasteiger partial charge is 0.486 e. The second kappa shape index (κ2) is 6.78. The van der Waals surface area contributed by atoms with Gasteiger partial charge in [0.05, 0.1) is 11.8 Å². The number of hydrogen-bond donors (Lipinski definition) is 0. The Morgan fingerprint density at radius 2 is 2.00 bits per heavy atom. The number of aromatic nitrogens is 2. The van der Waals surface area contributed by atoms with Crippen LogP contribution in [0.1, 0.15) is 41.6 Å². The highest BCUT2D eigenvalue weighted by Gasteiger charge is 2.28. The zero-order valence-electron chi connectivity index (χ0n) is 14.5. The maximum Gasteiger partial charge on any atom is 0.257 e. The molecule has 1 aromatic carbocycles. The van der Waals surface area contributed by atoms with Crippen molar-refractivity contribution in [2.75, 3.05) is 13.2 Å². The summed E-state index contributed by atoms with van der Waals surface area (Å²) in [4.78, 5) is 15.1. The monoisotopic (exact) mass is 341 g/mol. The number of fused-ring (bicyclic) bond motifs is 1. The van der Waals surface area contributed by atoms with Crippen molar-refractivity contribution in [1.29, 1.82) is 0 Å². The molecule has 4 rings (SSSR count). The Balaban J connectivity index is 1.59. The average Bonchev–Trinajstić information content (AvgIpc) is 3.31. The first-order chi connectivity index (χ1) is 12.2. The molecule has 0 unspecified atom stereocenters. The van der Waals surface area contributed by atoms with Crippen LogP contribution in [0.2, 0.25) is 0 Å². The fraction of sp³-hybridized carbons (Fsp3) is 0.474. The van der Waals surface area contributed by atoms with Crippen molar-refractivity contribution >= 4 is 5.91 Å². The molecule has 6 nitrogen and oxygen atoms in total. The first-order valence-corrected chi connectivity index (χ1v) is 8.89. The molecule has 25 heavy (non-hydrogen) atoms. The van der Waals surface area contributed by atoms with E-state index in [1.165, 1.54) is 12.8 Å². The van der Waals surface area contributed by atoms with E-state index >= 15 is 0 Å². The molecular weight excluding hydrogens is 318 g/mol. The van der Waals surface area contributed by atoms with Crippen LogP contribution >= 0.6 is 0 Å². The lowest BCUT2D eigenvalue weighted by Gasteiger charge is -2.29. The summed E-state index contributed by atoms with van der Waals surface area (Å²) < 4.78 is 12.9. The van der Waals surface area contributed by atoms with Crippen LogP contribution in [0.15, 0.2) is 30.6 Å². The number of rotatable bonds is 4. The van der Waals surface area contributed by atoms with Gasteiger partial charge in [-0.25, -0.2) is 0 Å². The molecule has 0 saturated heterocycles. The number of aryl methyl sites for hydroxylation is 1. The molecule has 0 N–H and O–H groups in total. The van der Waals surface area contributed by atoms with Gasteiger partial charge in [0.1, 0.15) is 13.2 Å². The molecular formula is C19H23N3O3. The van der Waals surface area contributed by atoms with Gasteiger partial charge in [-0.15, -0.1) is 0 Å². The van der Waals surface area contributed by atoms with Gasteiger partial charge in [0.15, 0.2) is 11.5 Å². The summed E-state index contributed by atoms with van der Waals surface area (Å²) in [7, 11) is 1.83. The summed E-state index contributed by atoms with van der Waals surface area (Å²) >= 11 is 0. The minimum Gasteiger partial charge on any atom is -0.486 e. The first-order valence-electron chi connectivity index (χ1n) is 8.89. The van der Waals surface area contributed by atoms with Crippen molar-refractivity contribution in [3.05, 3.63) is 41.7 Å². The normalized spacial score (nSPS) is 16.8. The third kappa shape index (κ3) is 3.34. The smallest absolute Gasteiger partial charge is 0.257 e. The highest BCUT2D eigenvalue weighted by atomic mass is 16.6. The Morgan fingerprint density at radius 1 is 1.24 bits per heavy atom. The van der Waals surface area contributed by atoms with Crippen molar-refractivity contribution < 1.29 is 14.3 Å². The number of nitrogens with zero attached hydrogens (tertiary/aromatic N) is 3. The van der Waals surface area contributed by atoms with E-state index in [4.69, 9.17) is 9.47 Å². The molecule has 6 heteroatoms. The zero-order chi connectivity index (χ0) is 17.2. The number of ether oxygens (including phenoxy) is 2. The molecule has 1 saturated carbocycles. The summed E-state index contributed by atoms with van der Waals surface area (Å²) in [6.07, 6.45) is 7.93. The topological polar surface area (TPSA) is 56.6 Å². The SMILES string of the molecule is Cn1cc(C(=O)N(Cc2ccc3c(c2)OCCO3)C2CCCC2)cn1. The fourth-order valence-electron chi connectivity index (χ4n) is 3.66. The lowest BCUT2D eigenvalue weighted by molar-refractivity contribution is 0.0664. The predicted octanol–water partition coefficient (Wildman–Crippen LogP) is 2.78. The Bertz CT molecular complexity index is 765. The van der Waals surface area contributed by atoms with E-state index in [9.17, 15) is 4.79 Å². The average molecular weight is 341 g/mol. The van der Waals surface area contributed by atoms with Crippen molar-refractivity contribution in [1.82, 2.24) is 14.7 Å². The molecule has 0 bridgehead atoms. The summed E-state index contributed by atoms with van der Waals surface area (Å²) in [6.45, 7) is 1.73. The number of hydrogen-bond acceptors (Lipinski definition) is 4.